The molecule has 1 aliphatic carbocycles. The quantitative estimate of drug-likeness (QED) is 0.880. The van der Waals surface area contributed by atoms with E-state index in [2.05, 4.69) is 22.4 Å². The van der Waals surface area contributed by atoms with Crippen molar-refractivity contribution >= 4 is 10.9 Å². The van der Waals surface area contributed by atoms with E-state index < -0.39 is 12.7 Å². The molecule has 0 saturated carbocycles. The molecule has 0 atom stereocenters. The molecule has 2 nitrogen and oxygen atoms in total. The van der Waals surface area contributed by atoms with Crippen LogP contribution in [0.3, 0.4) is 0 Å². The number of H-pyrrole nitrogens is 1. The molecule has 0 aliphatic heterocycles. The molecule has 114 valence electrons. The van der Waals surface area contributed by atoms with Gasteiger partial charge in [0.15, 0.2) is 0 Å². The van der Waals surface area contributed by atoms with Crippen LogP contribution in [0, 0.1) is 6.92 Å². The van der Waals surface area contributed by atoms with Gasteiger partial charge in [0.2, 0.25) is 0 Å². The Morgan fingerprint density at radius 3 is 2.48 bits per heavy atom. The van der Waals surface area contributed by atoms with Gasteiger partial charge in [-0.15, -0.1) is 0 Å². The highest BCUT2D eigenvalue weighted by atomic mass is 19.4. The molecule has 0 radical (unpaired) electrons. The van der Waals surface area contributed by atoms with Crippen LogP contribution in [0.1, 0.15) is 35.2 Å². The summed E-state index contributed by atoms with van der Waals surface area (Å²) in [6, 6.07) is 4.34. The Hall–Kier alpha value is -1.49. The van der Waals surface area contributed by atoms with Gasteiger partial charge in [-0.1, -0.05) is 0 Å². The number of fused-ring (bicyclic) bond motifs is 2. The summed E-state index contributed by atoms with van der Waals surface area (Å²) in [5.74, 6) is 0. The summed E-state index contributed by atoms with van der Waals surface area (Å²) in [6.45, 7) is 1.21. The molecule has 21 heavy (non-hydrogen) atoms. The van der Waals surface area contributed by atoms with Crippen molar-refractivity contribution in [1.29, 1.82) is 0 Å². The van der Waals surface area contributed by atoms with Gasteiger partial charge >= 0.3 is 6.18 Å². The predicted octanol–water partition coefficient (Wildman–Crippen LogP) is 4.01. The van der Waals surface area contributed by atoms with Gasteiger partial charge in [0.1, 0.15) is 0 Å². The minimum absolute atomic E-state index is 0.240. The molecule has 1 aliphatic rings. The van der Waals surface area contributed by atoms with Crippen LogP contribution in [0.15, 0.2) is 12.1 Å². The number of alkyl halides is 3. The Bertz CT molecular complexity index is 656. The second-order valence-corrected chi connectivity index (χ2v) is 5.82. The Labute approximate surface area is 121 Å². The van der Waals surface area contributed by atoms with Crippen molar-refractivity contribution in [1.82, 2.24) is 10.3 Å². The van der Waals surface area contributed by atoms with Gasteiger partial charge in [0.25, 0.3) is 0 Å². The second kappa shape index (κ2) is 5.37. The number of hydrogen-bond donors (Lipinski definition) is 2. The molecule has 1 aromatic heterocycles. The van der Waals surface area contributed by atoms with Crippen molar-refractivity contribution in [3.63, 3.8) is 0 Å². The first-order valence-electron chi connectivity index (χ1n) is 7.34. The zero-order valence-electron chi connectivity index (χ0n) is 12.0. The first kappa shape index (κ1) is 14.4. The van der Waals surface area contributed by atoms with Crippen molar-refractivity contribution < 1.29 is 13.2 Å². The highest BCUT2D eigenvalue weighted by molar-refractivity contribution is 5.86. The van der Waals surface area contributed by atoms with Crippen LogP contribution in [-0.2, 0) is 19.4 Å². The third-order valence-corrected chi connectivity index (χ3v) is 4.21. The fourth-order valence-corrected chi connectivity index (χ4v) is 3.18. The Morgan fingerprint density at radius 1 is 1.14 bits per heavy atom. The number of nitrogens with one attached hydrogen (secondary N) is 2. The molecule has 0 spiro atoms. The minimum atomic E-state index is -4.17. The van der Waals surface area contributed by atoms with E-state index in [4.69, 9.17) is 0 Å². The first-order valence-corrected chi connectivity index (χ1v) is 7.34. The third kappa shape index (κ3) is 3.07. The van der Waals surface area contributed by atoms with Gasteiger partial charge in [-0.3, -0.25) is 0 Å². The molecule has 2 N–H and O–H groups in total. The van der Waals surface area contributed by atoms with Crippen LogP contribution in [0.25, 0.3) is 10.9 Å². The van der Waals surface area contributed by atoms with E-state index in [1.165, 1.54) is 24.0 Å². The fourth-order valence-electron chi connectivity index (χ4n) is 3.18. The van der Waals surface area contributed by atoms with Gasteiger partial charge in [-0.25, -0.2) is 0 Å². The largest absolute Gasteiger partial charge is 0.401 e. The summed E-state index contributed by atoms with van der Waals surface area (Å²) in [4.78, 5) is 3.30. The van der Waals surface area contributed by atoms with E-state index in [1.807, 2.05) is 6.92 Å². The number of rotatable bonds is 3. The molecule has 0 fully saturated rings. The predicted molar refractivity (Wildman–Crippen MR) is 77.4 cm³/mol. The van der Waals surface area contributed by atoms with Crippen LogP contribution in [0.5, 0.6) is 0 Å². The van der Waals surface area contributed by atoms with Crippen molar-refractivity contribution in [2.45, 2.75) is 45.3 Å². The van der Waals surface area contributed by atoms with E-state index in [1.54, 1.807) is 0 Å². The highest BCUT2D eigenvalue weighted by Gasteiger charge is 2.26. The summed E-state index contributed by atoms with van der Waals surface area (Å²) >= 11 is 0. The van der Waals surface area contributed by atoms with E-state index in [0.717, 1.165) is 35.0 Å². The maximum absolute atomic E-state index is 12.3. The summed E-state index contributed by atoms with van der Waals surface area (Å²) < 4.78 is 36.8. The van der Waals surface area contributed by atoms with E-state index in [-0.39, 0.29) is 6.54 Å². The van der Waals surface area contributed by atoms with Crippen LogP contribution in [-0.4, -0.2) is 17.7 Å². The molecule has 0 bridgehead atoms. The Balaban J connectivity index is 1.89. The highest BCUT2D eigenvalue weighted by Crippen LogP contribution is 2.30. The maximum atomic E-state index is 12.3. The standard InChI is InChI=1S/C16H19F3N2/c1-10-14(8-20-9-16(17,18)19)13-6-11-4-2-3-5-12(11)7-15(13)21-10/h6-7,20-21H,2-5,8-9H2,1H3. The molecule has 1 aromatic carbocycles. The lowest BCUT2D eigenvalue weighted by molar-refractivity contribution is -0.125. The average molecular weight is 296 g/mol. The molecule has 3 rings (SSSR count). The molecule has 0 unspecified atom stereocenters. The Kier molecular flexibility index (Phi) is 3.69. The number of aromatic nitrogens is 1. The molecular weight excluding hydrogens is 277 g/mol. The molecule has 5 heteroatoms. The number of hydrogen-bond acceptors (Lipinski definition) is 1. The summed E-state index contributed by atoms with van der Waals surface area (Å²) in [6.07, 6.45) is 0.427. The molecule has 0 amide bonds. The zero-order chi connectivity index (χ0) is 15.0. The van der Waals surface area contributed by atoms with Crippen molar-refractivity contribution in [3.8, 4) is 0 Å². The summed E-state index contributed by atoms with van der Waals surface area (Å²) in [7, 11) is 0. The first-order chi connectivity index (χ1) is 9.94. The lowest BCUT2D eigenvalue weighted by Gasteiger charge is -2.16. The fraction of sp³-hybridized carbons (Fsp3) is 0.500. The number of benzene rings is 1. The Morgan fingerprint density at radius 2 is 1.81 bits per heavy atom. The molecule has 2 aromatic rings. The topological polar surface area (TPSA) is 27.8 Å². The lowest BCUT2D eigenvalue weighted by Crippen LogP contribution is -2.28. The monoisotopic (exact) mass is 296 g/mol. The van der Waals surface area contributed by atoms with Gasteiger partial charge in [0, 0.05) is 23.1 Å². The average Bonchev–Trinajstić information content (AvgIpc) is 2.70. The number of halogens is 3. The number of aromatic amines is 1. The number of aryl methyl sites for hydroxylation is 3. The molecular formula is C16H19F3N2. The van der Waals surface area contributed by atoms with Gasteiger partial charge < -0.3 is 10.3 Å². The van der Waals surface area contributed by atoms with Crippen molar-refractivity contribution in [2.24, 2.45) is 0 Å². The van der Waals surface area contributed by atoms with Crippen LogP contribution >= 0.6 is 0 Å². The molecule has 1 heterocycles. The summed E-state index contributed by atoms with van der Waals surface area (Å²) in [5.41, 5.74) is 5.66. The van der Waals surface area contributed by atoms with Gasteiger partial charge in [-0.2, -0.15) is 13.2 Å². The SMILES string of the molecule is Cc1[nH]c2cc3c(cc2c1CNCC(F)(F)F)CCCC3. The smallest absolute Gasteiger partial charge is 0.358 e. The van der Waals surface area contributed by atoms with Crippen molar-refractivity contribution in [3.05, 3.63) is 34.5 Å². The molecule has 0 saturated heterocycles. The van der Waals surface area contributed by atoms with E-state index >= 15 is 0 Å². The van der Waals surface area contributed by atoms with Crippen molar-refractivity contribution in [2.75, 3.05) is 6.54 Å². The van der Waals surface area contributed by atoms with Crippen LogP contribution in [0.2, 0.25) is 0 Å². The normalized spacial score (nSPS) is 15.4. The van der Waals surface area contributed by atoms with Gasteiger partial charge in [-0.05, 0) is 61.4 Å². The second-order valence-electron chi connectivity index (χ2n) is 5.82. The van der Waals surface area contributed by atoms with E-state index in [0.29, 0.717) is 0 Å². The maximum Gasteiger partial charge on any atom is 0.401 e. The van der Waals surface area contributed by atoms with Crippen LogP contribution < -0.4 is 5.32 Å². The zero-order valence-corrected chi connectivity index (χ0v) is 12.0. The van der Waals surface area contributed by atoms with E-state index in [9.17, 15) is 13.2 Å². The van der Waals surface area contributed by atoms with Crippen LogP contribution in [0.4, 0.5) is 13.2 Å². The lowest BCUT2D eigenvalue weighted by atomic mass is 9.90. The minimum Gasteiger partial charge on any atom is -0.358 e. The third-order valence-electron chi connectivity index (χ3n) is 4.21. The van der Waals surface area contributed by atoms with Gasteiger partial charge in [0.05, 0.1) is 6.54 Å². The summed E-state index contributed by atoms with van der Waals surface area (Å²) in [5, 5.41) is 3.55.